The maximum atomic E-state index is 13.6. The first kappa shape index (κ1) is 16.9. The molecule has 0 saturated carbocycles. The van der Waals surface area contributed by atoms with E-state index in [0.29, 0.717) is 42.3 Å². The van der Waals surface area contributed by atoms with Gasteiger partial charge >= 0.3 is 0 Å². The second-order valence-corrected chi connectivity index (χ2v) is 7.29. The highest BCUT2D eigenvalue weighted by Crippen LogP contribution is 2.31. The van der Waals surface area contributed by atoms with E-state index >= 15 is 0 Å². The molecule has 2 aromatic heterocycles. The maximum absolute atomic E-state index is 13.6. The zero-order valence-corrected chi connectivity index (χ0v) is 15.0. The third-order valence-corrected chi connectivity index (χ3v) is 5.42. The van der Waals surface area contributed by atoms with Crippen LogP contribution in [-0.4, -0.2) is 29.6 Å². The van der Waals surface area contributed by atoms with Gasteiger partial charge in [-0.05, 0) is 24.3 Å². The number of hydrogen-bond acceptors (Lipinski definition) is 5. The van der Waals surface area contributed by atoms with Crippen molar-refractivity contribution in [3.8, 4) is 11.3 Å². The van der Waals surface area contributed by atoms with Crippen molar-refractivity contribution >= 4 is 17.2 Å². The van der Waals surface area contributed by atoms with Crippen molar-refractivity contribution < 1.29 is 18.4 Å². The summed E-state index contributed by atoms with van der Waals surface area (Å²) in [7, 11) is 1.63. The standard InChI is InChI=1S/C19H17FN2O3S/c1-24-11-14-5-6-17(26-14)19(23)22-8-7-16-15(10-22)18(21-25-16)12-3-2-4-13(20)9-12/h2-6,9H,7-8,10-11H2,1H3. The molecule has 0 aliphatic carbocycles. The lowest BCUT2D eigenvalue weighted by Crippen LogP contribution is -2.35. The monoisotopic (exact) mass is 372 g/mol. The lowest BCUT2D eigenvalue weighted by Gasteiger charge is -2.25. The molecule has 0 bridgehead atoms. The normalized spacial score (nSPS) is 13.7. The maximum Gasteiger partial charge on any atom is 0.264 e. The summed E-state index contributed by atoms with van der Waals surface area (Å²) in [5.41, 5.74) is 2.11. The summed E-state index contributed by atoms with van der Waals surface area (Å²) < 4.78 is 24.1. The second kappa shape index (κ2) is 7.01. The fourth-order valence-corrected chi connectivity index (χ4v) is 4.06. The Morgan fingerprint density at radius 2 is 2.27 bits per heavy atom. The molecule has 26 heavy (non-hydrogen) atoms. The van der Waals surface area contributed by atoms with Gasteiger partial charge in [-0.1, -0.05) is 17.3 Å². The van der Waals surface area contributed by atoms with Crippen LogP contribution in [0.2, 0.25) is 0 Å². The van der Waals surface area contributed by atoms with Gasteiger partial charge in [0, 0.05) is 36.1 Å². The van der Waals surface area contributed by atoms with Crippen LogP contribution in [0.1, 0.15) is 25.9 Å². The highest BCUT2D eigenvalue weighted by atomic mass is 32.1. The number of nitrogens with zero attached hydrogens (tertiary/aromatic N) is 2. The van der Waals surface area contributed by atoms with Crippen LogP contribution >= 0.6 is 11.3 Å². The molecule has 4 rings (SSSR count). The molecule has 0 unspecified atom stereocenters. The Labute approximate surface area is 154 Å². The van der Waals surface area contributed by atoms with E-state index in [1.54, 1.807) is 24.1 Å². The molecule has 0 spiro atoms. The van der Waals surface area contributed by atoms with Crippen molar-refractivity contribution in [2.45, 2.75) is 19.6 Å². The van der Waals surface area contributed by atoms with Gasteiger partial charge in [0.15, 0.2) is 0 Å². The molecule has 0 fully saturated rings. The van der Waals surface area contributed by atoms with Crippen LogP contribution in [-0.2, 0) is 24.3 Å². The fraction of sp³-hybridized carbons (Fsp3) is 0.263. The van der Waals surface area contributed by atoms with Crippen molar-refractivity contribution in [1.82, 2.24) is 10.1 Å². The van der Waals surface area contributed by atoms with Gasteiger partial charge in [0.2, 0.25) is 0 Å². The summed E-state index contributed by atoms with van der Waals surface area (Å²) in [6.45, 7) is 1.47. The minimum absolute atomic E-state index is 0.0191. The molecular formula is C19H17FN2O3S. The Kier molecular flexibility index (Phi) is 4.57. The van der Waals surface area contributed by atoms with E-state index in [9.17, 15) is 9.18 Å². The first-order valence-electron chi connectivity index (χ1n) is 8.26. The first-order chi connectivity index (χ1) is 12.7. The van der Waals surface area contributed by atoms with Crippen LogP contribution in [0.25, 0.3) is 11.3 Å². The molecule has 3 heterocycles. The SMILES string of the molecule is COCc1ccc(C(=O)N2CCc3onc(-c4cccc(F)c4)c3C2)s1. The number of thiophene rings is 1. The number of carbonyl (C=O) groups excluding carboxylic acids is 1. The predicted molar refractivity (Wildman–Crippen MR) is 95.4 cm³/mol. The average Bonchev–Trinajstić information content (AvgIpc) is 3.28. The predicted octanol–water partition coefficient (Wildman–Crippen LogP) is 3.89. The highest BCUT2D eigenvalue weighted by molar-refractivity contribution is 7.14. The fourth-order valence-electron chi connectivity index (χ4n) is 3.11. The third kappa shape index (κ3) is 3.15. The smallest absolute Gasteiger partial charge is 0.264 e. The topological polar surface area (TPSA) is 55.6 Å². The van der Waals surface area contributed by atoms with Crippen LogP contribution in [0, 0.1) is 5.82 Å². The highest BCUT2D eigenvalue weighted by Gasteiger charge is 2.28. The summed E-state index contributed by atoms with van der Waals surface area (Å²) in [5.74, 6) is 0.418. The molecule has 134 valence electrons. The molecular weight excluding hydrogens is 355 g/mol. The number of rotatable bonds is 4. The van der Waals surface area contributed by atoms with Crippen molar-refractivity contribution in [2.24, 2.45) is 0 Å². The van der Waals surface area contributed by atoms with Gasteiger partial charge in [-0.2, -0.15) is 0 Å². The van der Waals surface area contributed by atoms with Crippen LogP contribution in [0.5, 0.6) is 0 Å². The molecule has 0 atom stereocenters. The summed E-state index contributed by atoms with van der Waals surface area (Å²) in [6, 6.07) is 9.99. The number of benzene rings is 1. The van der Waals surface area contributed by atoms with Crippen molar-refractivity contribution in [1.29, 1.82) is 0 Å². The largest absolute Gasteiger partial charge is 0.379 e. The van der Waals surface area contributed by atoms with E-state index in [0.717, 1.165) is 16.2 Å². The van der Waals surface area contributed by atoms with Gasteiger partial charge in [-0.25, -0.2) is 4.39 Å². The third-order valence-electron chi connectivity index (χ3n) is 4.37. The Morgan fingerprint density at radius 1 is 1.38 bits per heavy atom. The van der Waals surface area contributed by atoms with Gasteiger partial charge in [0.1, 0.15) is 17.3 Å². The zero-order chi connectivity index (χ0) is 18.1. The Bertz CT molecular complexity index is 950. The minimum atomic E-state index is -0.327. The van der Waals surface area contributed by atoms with Gasteiger partial charge in [0.25, 0.3) is 5.91 Å². The van der Waals surface area contributed by atoms with E-state index in [2.05, 4.69) is 5.16 Å². The van der Waals surface area contributed by atoms with Gasteiger partial charge < -0.3 is 14.2 Å². The summed E-state index contributed by atoms with van der Waals surface area (Å²) in [5, 5.41) is 4.11. The van der Waals surface area contributed by atoms with E-state index in [4.69, 9.17) is 9.26 Å². The first-order valence-corrected chi connectivity index (χ1v) is 9.07. The summed E-state index contributed by atoms with van der Waals surface area (Å²) >= 11 is 1.44. The summed E-state index contributed by atoms with van der Waals surface area (Å²) in [6.07, 6.45) is 0.597. The second-order valence-electron chi connectivity index (χ2n) is 6.12. The van der Waals surface area contributed by atoms with Crippen LogP contribution in [0.15, 0.2) is 40.9 Å². The van der Waals surface area contributed by atoms with Gasteiger partial charge in [-0.15, -0.1) is 11.3 Å². The lowest BCUT2D eigenvalue weighted by molar-refractivity contribution is 0.0734. The van der Waals surface area contributed by atoms with E-state index in [1.807, 2.05) is 12.1 Å². The number of amides is 1. The van der Waals surface area contributed by atoms with E-state index in [1.165, 1.54) is 23.5 Å². The molecule has 1 amide bonds. The molecule has 1 aliphatic heterocycles. The zero-order valence-electron chi connectivity index (χ0n) is 14.2. The van der Waals surface area contributed by atoms with Crippen LogP contribution in [0.3, 0.4) is 0 Å². The van der Waals surface area contributed by atoms with Gasteiger partial charge in [0.05, 0.1) is 18.0 Å². The lowest BCUT2D eigenvalue weighted by atomic mass is 10.0. The Balaban J connectivity index is 1.59. The quantitative estimate of drug-likeness (QED) is 0.697. The molecule has 0 N–H and O–H groups in total. The van der Waals surface area contributed by atoms with Crippen molar-refractivity contribution in [3.63, 3.8) is 0 Å². The Morgan fingerprint density at radius 3 is 3.08 bits per heavy atom. The molecule has 3 aromatic rings. The number of methoxy groups -OCH3 is 1. The van der Waals surface area contributed by atoms with Gasteiger partial charge in [-0.3, -0.25) is 4.79 Å². The van der Waals surface area contributed by atoms with E-state index in [-0.39, 0.29) is 11.7 Å². The summed E-state index contributed by atoms with van der Waals surface area (Å²) in [4.78, 5) is 16.3. The number of halogens is 1. The molecule has 5 nitrogen and oxygen atoms in total. The van der Waals surface area contributed by atoms with Crippen LogP contribution in [0.4, 0.5) is 4.39 Å². The van der Waals surface area contributed by atoms with Crippen LogP contribution < -0.4 is 0 Å². The molecule has 1 aliphatic rings. The number of ether oxygens (including phenoxy) is 1. The number of carbonyl (C=O) groups is 1. The minimum Gasteiger partial charge on any atom is -0.379 e. The number of aromatic nitrogens is 1. The number of fused-ring (bicyclic) bond motifs is 1. The number of hydrogen-bond donors (Lipinski definition) is 0. The molecule has 0 saturated heterocycles. The molecule has 1 aromatic carbocycles. The van der Waals surface area contributed by atoms with Crippen molar-refractivity contribution in [2.75, 3.05) is 13.7 Å². The average molecular weight is 372 g/mol. The molecule has 7 heteroatoms. The van der Waals surface area contributed by atoms with Crippen molar-refractivity contribution in [3.05, 3.63) is 63.3 Å². The molecule has 0 radical (unpaired) electrons. The Hall–Kier alpha value is -2.51. The van der Waals surface area contributed by atoms with E-state index < -0.39 is 0 Å².